The molecule has 0 aliphatic rings. The topological polar surface area (TPSA) is 12.0 Å². The van der Waals surface area contributed by atoms with Crippen LogP contribution in [0.1, 0.15) is 24.1 Å². The molecule has 0 fully saturated rings. The Labute approximate surface area is 132 Å². The highest BCUT2D eigenvalue weighted by molar-refractivity contribution is 6.42. The predicted molar refractivity (Wildman–Crippen MR) is 82.9 cm³/mol. The second kappa shape index (κ2) is 7.21. The molecule has 0 aliphatic carbocycles. The molecule has 1 atom stereocenters. The van der Waals surface area contributed by atoms with Crippen LogP contribution in [0.3, 0.4) is 0 Å². The standard InChI is InChI=1S/C16H15Cl2F2N/c1-2-21-15(12-9-11(19)6-7-14(12)20)8-10-4-3-5-13(17)16(10)18/h3-7,9,15,21H,2,8H2,1H3. The number of benzene rings is 2. The maximum Gasteiger partial charge on any atom is 0.128 e. The fraction of sp³-hybridized carbons (Fsp3) is 0.250. The first-order chi connectivity index (χ1) is 10.0. The van der Waals surface area contributed by atoms with Gasteiger partial charge in [0.2, 0.25) is 0 Å². The summed E-state index contributed by atoms with van der Waals surface area (Å²) in [6.07, 6.45) is 0.424. The lowest BCUT2D eigenvalue weighted by Gasteiger charge is -2.20. The summed E-state index contributed by atoms with van der Waals surface area (Å²) >= 11 is 12.2. The zero-order chi connectivity index (χ0) is 15.4. The second-order valence-corrected chi connectivity index (χ2v) is 5.48. The summed E-state index contributed by atoms with van der Waals surface area (Å²) in [6.45, 7) is 2.53. The van der Waals surface area contributed by atoms with Gasteiger partial charge in [0.1, 0.15) is 11.6 Å². The zero-order valence-electron chi connectivity index (χ0n) is 11.5. The molecule has 112 valence electrons. The Balaban J connectivity index is 2.35. The first-order valence-electron chi connectivity index (χ1n) is 6.64. The van der Waals surface area contributed by atoms with Crippen molar-refractivity contribution in [2.75, 3.05) is 6.54 Å². The van der Waals surface area contributed by atoms with Crippen LogP contribution in [-0.2, 0) is 6.42 Å². The van der Waals surface area contributed by atoms with Gasteiger partial charge in [-0.2, -0.15) is 0 Å². The van der Waals surface area contributed by atoms with Crippen molar-refractivity contribution < 1.29 is 8.78 Å². The summed E-state index contributed by atoms with van der Waals surface area (Å²) in [5.41, 5.74) is 1.08. The molecule has 1 unspecified atom stereocenters. The second-order valence-electron chi connectivity index (χ2n) is 4.69. The van der Waals surface area contributed by atoms with Crippen LogP contribution in [0.4, 0.5) is 8.78 Å². The van der Waals surface area contributed by atoms with Crippen molar-refractivity contribution in [1.82, 2.24) is 5.32 Å². The Morgan fingerprint density at radius 1 is 1.14 bits per heavy atom. The van der Waals surface area contributed by atoms with E-state index in [0.29, 0.717) is 23.0 Å². The highest BCUT2D eigenvalue weighted by Crippen LogP contribution is 2.30. The molecule has 0 heterocycles. The van der Waals surface area contributed by atoms with Crippen LogP contribution in [0.5, 0.6) is 0 Å². The summed E-state index contributed by atoms with van der Waals surface area (Å²) < 4.78 is 27.3. The van der Waals surface area contributed by atoms with Crippen molar-refractivity contribution in [1.29, 1.82) is 0 Å². The summed E-state index contributed by atoms with van der Waals surface area (Å²) in [5.74, 6) is -0.910. The van der Waals surface area contributed by atoms with Gasteiger partial charge in [0.25, 0.3) is 0 Å². The lowest BCUT2D eigenvalue weighted by molar-refractivity contribution is 0.502. The summed E-state index contributed by atoms with van der Waals surface area (Å²) in [5, 5.41) is 4.05. The van der Waals surface area contributed by atoms with Crippen molar-refractivity contribution in [3.05, 3.63) is 69.2 Å². The van der Waals surface area contributed by atoms with E-state index in [-0.39, 0.29) is 11.6 Å². The highest BCUT2D eigenvalue weighted by atomic mass is 35.5. The van der Waals surface area contributed by atoms with Crippen LogP contribution in [-0.4, -0.2) is 6.54 Å². The van der Waals surface area contributed by atoms with E-state index in [2.05, 4.69) is 5.32 Å². The van der Waals surface area contributed by atoms with Crippen LogP contribution in [0.15, 0.2) is 36.4 Å². The van der Waals surface area contributed by atoms with Gasteiger partial charge in [-0.15, -0.1) is 0 Å². The molecule has 0 aromatic heterocycles. The fourth-order valence-corrected chi connectivity index (χ4v) is 2.64. The van der Waals surface area contributed by atoms with Crippen LogP contribution < -0.4 is 5.32 Å². The number of halogens is 4. The van der Waals surface area contributed by atoms with Crippen molar-refractivity contribution >= 4 is 23.2 Å². The van der Waals surface area contributed by atoms with Gasteiger partial charge in [-0.1, -0.05) is 42.3 Å². The number of likely N-dealkylation sites (N-methyl/N-ethyl adjacent to an activating group) is 1. The zero-order valence-corrected chi connectivity index (χ0v) is 13.0. The molecule has 0 bridgehead atoms. The number of nitrogens with one attached hydrogen (secondary N) is 1. The Hall–Kier alpha value is -1.16. The van der Waals surface area contributed by atoms with E-state index in [1.165, 1.54) is 6.07 Å². The van der Waals surface area contributed by atoms with Crippen LogP contribution in [0, 0.1) is 11.6 Å². The van der Waals surface area contributed by atoms with Crippen LogP contribution in [0.2, 0.25) is 10.0 Å². The van der Waals surface area contributed by atoms with Gasteiger partial charge in [0, 0.05) is 11.6 Å². The molecule has 2 rings (SSSR count). The van der Waals surface area contributed by atoms with E-state index in [1.54, 1.807) is 12.1 Å². The van der Waals surface area contributed by atoms with E-state index in [9.17, 15) is 8.78 Å². The van der Waals surface area contributed by atoms with Gasteiger partial charge in [0.05, 0.1) is 10.0 Å². The lowest BCUT2D eigenvalue weighted by atomic mass is 9.98. The van der Waals surface area contributed by atoms with E-state index in [0.717, 1.165) is 17.7 Å². The molecule has 0 spiro atoms. The minimum Gasteiger partial charge on any atom is -0.310 e. The van der Waals surface area contributed by atoms with E-state index in [1.807, 2.05) is 13.0 Å². The number of rotatable bonds is 5. The monoisotopic (exact) mass is 329 g/mol. The minimum absolute atomic E-state index is 0.285. The Morgan fingerprint density at radius 3 is 2.62 bits per heavy atom. The largest absolute Gasteiger partial charge is 0.310 e. The molecule has 2 aromatic rings. The average molecular weight is 330 g/mol. The van der Waals surface area contributed by atoms with E-state index >= 15 is 0 Å². The SMILES string of the molecule is CCNC(Cc1cccc(Cl)c1Cl)c1cc(F)ccc1F. The Morgan fingerprint density at radius 2 is 1.90 bits per heavy atom. The van der Waals surface area contributed by atoms with Gasteiger partial charge in [-0.05, 0) is 42.8 Å². The molecule has 0 saturated heterocycles. The van der Waals surface area contributed by atoms with Crippen molar-refractivity contribution in [2.45, 2.75) is 19.4 Å². The molecule has 0 radical (unpaired) electrons. The minimum atomic E-state index is -0.466. The molecular formula is C16H15Cl2F2N. The predicted octanol–water partition coefficient (Wildman–Crippen LogP) is 5.16. The maximum absolute atomic E-state index is 14.0. The smallest absolute Gasteiger partial charge is 0.128 e. The average Bonchev–Trinajstić information content (AvgIpc) is 2.46. The van der Waals surface area contributed by atoms with Gasteiger partial charge >= 0.3 is 0 Å². The van der Waals surface area contributed by atoms with Gasteiger partial charge < -0.3 is 5.32 Å². The molecule has 5 heteroatoms. The van der Waals surface area contributed by atoms with Crippen molar-refractivity contribution in [2.24, 2.45) is 0 Å². The fourth-order valence-electron chi connectivity index (χ4n) is 2.25. The molecule has 1 N–H and O–H groups in total. The van der Waals surface area contributed by atoms with Crippen molar-refractivity contribution in [3.63, 3.8) is 0 Å². The third-order valence-corrected chi connectivity index (χ3v) is 4.10. The molecular weight excluding hydrogens is 315 g/mol. The lowest BCUT2D eigenvalue weighted by Crippen LogP contribution is -2.24. The van der Waals surface area contributed by atoms with E-state index < -0.39 is 11.6 Å². The molecule has 0 aliphatic heterocycles. The third-order valence-electron chi connectivity index (χ3n) is 3.24. The summed E-state index contributed by atoms with van der Waals surface area (Å²) in [6, 6.07) is 8.38. The molecule has 21 heavy (non-hydrogen) atoms. The maximum atomic E-state index is 14.0. The van der Waals surface area contributed by atoms with Crippen LogP contribution >= 0.6 is 23.2 Å². The van der Waals surface area contributed by atoms with Gasteiger partial charge in [0.15, 0.2) is 0 Å². The highest BCUT2D eigenvalue weighted by Gasteiger charge is 2.18. The first kappa shape index (κ1) is 16.2. The quantitative estimate of drug-likeness (QED) is 0.798. The number of hydrogen-bond acceptors (Lipinski definition) is 1. The van der Waals surface area contributed by atoms with Gasteiger partial charge in [-0.25, -0.2) is 8.78 Å². The third kappa shape index (κ3) is 3.94. The molecule has 0 saturated carbocycles. The number of hydrogen-bond donors (Lipinski definition) is 1. The van der Waals surface area contributed by atoms with E-state index in [4.69, 9.17) is 23.2 Å². The molecule has 1 nitrogen and oxygen atoms in total. The summed E-state index contributed by atoms with van der Waals surface area (Å²) in [4.78, 5) is 0. The normalized spacial score (nSPS) is 12.4. The Bertz CT molecular complexity index is 632. The van der Waals surface area contributed by atoms with Crippen LogP contribution in [0.25, 0.3) is 0 Å². The summed E-state index contributed by atoms with van der Waals surface area (Å²) in [7, 11) is 0. The molecule has 2 aromatic carbocycles. The Kier molecular flexibility index (Phi) is 5.57. The first-order valence-corrected chi connectivity index (χ1v) is 7.39. The van der Waals surface area contributed by atoms with Gasteiger partial charge in [-0.3, -0.25) is 0 Å². The van der Waals surface area contributed by atoms with Crippen molar-refractivity contribution in [3.8, 4) is 0 Å². The molecule has 0 amide bonds.